The highest BCUT2D eigenvalue weighted by atomic mass is 79.9. The lowest BCUT2D eigenvalue weighted by atomic mass is 9.82. The van der Waals surface area contributed by atoms with Crippen molar-refractivity contribution in [1.82, 2.24) is 0 Å². The van der Waals surface area contributed by atoms with Gasteiger partial charge in [-0.1, -0.05) is 129 Å². The Kier molecular flexibility index (Phi) is 5.20. The van der Waals surface area contributed by atoms with Gasteiger partial charge in [-0.2, -0.15) is 0 Å². The standard InChI is InChI=1S/C34H20Br2/c35-25-13-17-27-23(19-25)12-16-30-32(22-9-5-2-6-10-22)34-28-18-14-26(36)20-24(28)11-15-29(34)31(33(27)30)21-7-3-1-4-8-21/h1-20H. The molecule has 0 atom stereocenters. The molecule has 0 aliphatic heterocycles. The van der Waals surface area contributed by atoms with Gasteiger partial charge in [0, 0.05) is 8.95 Å². The number of benzene rings is 7. The predicted molar refractivity (Wildman–Crippen MR) is 163 cm³/mol. The van der Waals surface area contributed by atoms with E-state index in [9.17, 15) is 0 Å². The van der Waals surface area contributed by atoms with Crippen LogP contribution in [0.25, 0.3) is 65.3 Å². The van der Waals surface area contributed by atoms with Crippen molar-refractivity contribution < 1.29 is 0 Å². The van der Waals surface area contributed by atoms with Crippen LogP contribution in [0, 0.1) is 0 Å². The minimum atomic E-state index is 1.09. The summed E-state index contributed by atoms with van der Waals surface area (Å²) in [6.07, 6.45) is 0. The molecular formula is C34H20Br2. The molecule has 2 heteroatoms. The van der Waals surface area contributed by atoms with Crippen molar-refractivity contribution in [2.75, 3.05) is 0 Å². The molecule has 7 aromatic carbocycles. The number of hydrogen-bond acceptors (Lipinski definition) is 0. The minimum Gasteiger partial charge on any atom is -0.0622 e. The van der Waals surface area contributed by atoms with Crippen LogP contribution >= 0.6 is 31.9 Å². The van der Waals surface area contributed by atoms with Crippen LogP contribution in [0.5, 0.6) is 0 Å². The summed E-state index contributed by atoms with van der Waals surface area (Å²) < 4.78 is 2.19. The smallest absolute Gasteiger partial charge is 0.0181 e. The van der Waals surface area contributed by atoms with E-state index in [-0.39, 0.29) is 0 Å². The number of rotatable bonds is 2. The molecule has 0 bridgehead atoms. The SMILES string of the molecule is Brc1ccc2c(ccc3c(-c4ccccc4)c4c(ccc5cc(Br)ccc54)c(-c4ccccc4)c32)c1. The summed E-state index contributed by atoms with van der Waals surface area (Å²) in [4.78, 5) is 0. The summed E-state index contributed by atoms with van der Waals surface area (Å²) in [5, 5.41) is 10.2. The van der Waals surface area contributed by atoms with E-state index in [0.717, 1.165) is 8.95 Å². The zero-order chi connectivity index (χ0) is 24.2. The Morgan fingerprint density at radius 3 is 1.17 bits per heavy atom. The summed E-state index contributed by atoms with van der Waals surface area (Å²) in [5.41, 5.74) is 5.05. The van der Waals surface area contributed by atoms with E-state index in [1.165, 1.54) is 65.3 Å². The lowest BCUT2D eigenvalue weighted by Crippen LogP contribution is -1.93. The van der Waals surface area contributed by atoms with Gasteiger partial charge in [0.1, 0.15) is 0 Å². The molecule has 0 heterocycles. The molecule has 7 rings (SSSR count). The fraction of sp³-hybridized carbons (Fsp3) is 0. The van der Waals surface area contributed by atoms with Crippen molar-refractivity contribution in [2.24, 2.45) is 0 Å². The first kappa shape index (κ1) is 21.8. The maximum atomic E-state index is 3.68. The van der Waals surface area contributed by atoms with Crippen LogP contribution in [0.1, 0.15) is 0 Å². The third-order valence-electron chi connectivity index (χ3n) is 7.13. The third-order valence-corrected chi connectivity index (χ3v) is 8.11. The quantitative estimate of drug-likeness (QED) is 0.139. The minimum absolute atomic E-state index is 1.09. The highest BCUT2D eigenvalue weighted by Crippen LogP contribution is 2.48. The van der Waals surface area contributed by atoms with Gasteiger partial charge in [-0.15, -0.1) is 0 Å². The van der Waals surface area contributed by atoms with E-state index in [2.05, 4.69) is 153 Å². The summed E-state index contributed by atoms with van der Waals surface area (Å²) >= 11 is 7.36. The Bertz CT molecular complexity index is 1790. The van der Waals surface area contributed by atoms with Gasteiger partial charge < -0.3 is 0 Å². The van der Waals surface area contributed by atoms with Gasteiger partial charge in [0.15, 0.2) is 0 Å². The van der Waals surface area contributed by atoms with Gasteiger partial charge >= 0.3 is 0 Å². The molecule has 0 saturated heterocycles. The fourth-order valence-electron chi connectivity index (χ4n) is 5.64. The highest BCUT2D eigenvalue weighted by Gasteiger charge is 2.20. The zero-order valence-corrected chi connectivity index (χ0v) is 22.5. The van der Waals surface area contributed by atoms with Crippen LogP contribution in [0.3, 0.4) is 0 Å². The van der Waals surface area contributed by atoms with E-state index in [0.29, 0.717) is 0 Å². The normalized spacial score (nSPS) is 11.6. The molecule has 0 fully saturated rings. The maximum absolute atomic E-state index is 3.68. The number of halogens is 2. The second kappa shape index (κ2) is 8.58. The molecule has 0 aliphatic rings. The first-order valence-corrected chi connectivity index (χ1v) is 13.6. The Labute approximate surface area is 226 Å². The van der Waals surface area contributed by atoms with E-state index in [4.69, 9.17) is 0 Å². The molecule has 0 aliphatic carbocycles. The molecule has 170 valence electrons. The van der Waals surface area contributed by atoms with Gasteiger partial charge in [0.25, 0.3) is 0 Å². The Balaban J connectivity index is 1.83. The van der Waals surface area contributed by atoms with Crippen molar-refractivity contribution in [3.05, 3.63) is 130 Å². The van der Waals surface area contributed by atoms with Crippen molar-refractivity contribution in [1.29, 1.82) is 0 Å². The predicted octanol–water partition coefficient (Wildman–Crippen LogP) is 11.2. The van der Waals surface area contributed by atoms with Gasteiger partial charge in [0.05, 0.1) is 0 Å². The van der Waals surface area contributed by atoms with E-state index in [1.54, 1.807) is 0 Å². The first-order chi connectivity index (χ1) is 17.7. The van der Waals surface area contributed by atoms with Crippen LogP contribution in [-0.2, 0) is 0 Å². The molecule has 36 heavy (non-hydrogen) atoms. The molecule has 0 unspecified atom stereocenters. The van der Waals surface area contributed by atoms with Crippen LogP contribution in [0.15, 0.2) is 130 Å². The maximum Gasteiger partial charge on any atom is 0.0181 e. The molecule has 0 amide bonds. The van der Waals surface area contributed by atoms with Crippen LogP contribution in [0.4, 0.5) is 0 Å². The first-order valence-electron chi connectivity index (χ1n) is 12.0. The Morgan fingerprint density at radius 1 is 0.361 bits per heavy atom. The summed E-state index contributed by atoms with van der Waals surface area (Å²) in [5.74, 6) is 0. The zero-order valence-electron chi connectivity index (χ0n) is 19.3. The van der Waals surface area contributed by atoms with Crippen molar-refractivity contribution in [3.63, 3.8) is 0 Å². The highest BCUT2D eigenvalue weighted by molar-refractivity contribution is 9.10. The number of hydrogen-bond donors (Lipinski definition) is 0. The van der Waals surface area contributed by atoms with E-state index in [1.807, 2.05) is 0 Å². The molecular weight excluding hydrogens is 568 g/mol. The molecule has 0 aromatic heterocycles. The van der Waals surface area contributed by atoms with E-state index >= 15 is 0 Å². The number of fused-ring (bicyclic) bond motifs is 6. The largest absolute Gasteiger partial charge is 0.0622 e. The molecule has 0 nitrogen and oxygen atoms in total. The van der Waals surface area contributed by atoms with Crippen molar-refractivity contribution in [3.8, 4) is 22.3 Å². The average Bonchev–Trinajstić information content (AvgIpc) is 2.92. The molecule has 0 saturated carbocycles. The van der Waals surface area contributed by atoms with Crippen LogP contribution < -0.4 is 0 Å². The Morgan fingerprint density at radius 2 is 0.750 bits per heavy atom. The molecule has 0 spiro atoms. The topological polar surface area (TPSA) is 0 Å². The van der Waals surface area contributed by atoms with Crippen LogP contribution in [0.2, 0.25) is 0 Å². The summed E-state index contributed by atoms with van der Waals surface area (Å²) in [6, 6.07) is 44.1. The molecule has 7 aromatic rings. The van der Waals surface area contributed by atoms with Crippen molar-refractivity contribution >= 4 is 74.9 Å². The average molecular weight is 588 g/mol. The second-order valence-corrected chi connectivity index (χ2v) is 11.0. The van der Waals surface area contributed by atoms with Gasteiger partial charge in [-0.3, -0.25) is 0 Å². The van der Waals surface area contributed by atoms with Gasteiger partial charge in [0.2, 0.25) is 0 Å². The van der Waals surface area contributed by atoms with Gasteiger partial charge in [-0.25, -0.2) is 0 Å². The summed E-state index contributed by atoms with van der Waals surface area (Å²) in [6.45, 7) is 0. The lowest BCUT2D eigenvalue weighted by Gasteiger charge is -2.21. The monoisotopic (exact) mass is 586 g/mol. The third kappa shape index (κ3) is 3.40. The molecule has 0 N–H and O–H groups in total. The summed E-state index contributed by atoms with van der Waals surface area (Å²) in [7, 11) is 0. The molecule has 0 radical (unpaired) electrons. The fourth-order valence-corrected chi connectivity index (χ4v) is 6.39. The van der Waals surface area contributed by atoms with Gasteiger partial charge in [-0.05, 0) is 89.6 Å². The Hall–Kier alpha value is -3.46. The lowest BCUT2D eigenvalue weighted by molar-refractivity contribution is 1.66. The second-order valence-electron chi connectivity index (χ2n) is 9.19. The van der Waals surface area contributed by atoms with Crippen molar-refractivity contribution in [2.45, 2.75) is 0 Å². The van der Waals surface area contributed by atoms with E-state index < -0.39 is 0 Å². The van der Waals surface area contributed by atoms with Crippen LogP contribution in [-0.4, -0.2) is 0 Å².